The van der Waals surface area contributed by atoms with Gasteiger partial charge in [0.1, 0.15) is 11.6 Å². The van der Waals surface area contributed by atoms with Crippen molar-refractivity contribution in [2.45, 2.75) is 39.3 Å². The maximum atomic E-state index is 11.7. The fraction of sp³-hybridized carbons (Fsp3) is 0.375. The van der Waals surface area contributed by atoms with Crippen LogP contribution in [0.5, 0.6) is 0 Å². The number of hydrogen-bond acceptors (Lipinski definition) is 3. The van der Waals surface area contributed by atoms with Gasteiger partial charge in [-0.2, -0.15) is 0 Å². The Morgan fingerprint density at radius 2 is 1.80 bits per heavy atom. The summed E-state index contributed by atoms with van der Waals surface area (Å²) in [6.45, 7) is 6.88. The highest BCUT2D eigenvalue weighted by Crippen LogP contribution is 2.08. The van der Waals surface area contributed by atoms with Crippen LogP contribution >= 0.6 is 0 Å². The number of carbonyl (C=O) groups excluding carboxylic acids is 2. The zero-order valence-electron chi connectivity index (χ0n) is 12.2. The number of benzene rings is 1. The number of ether oxygens (including phenoxy) is 1. The van der Waals surface area contributed by atoms with Crippen molar-refractivity contribution in [2.24, 2.45) is 0 Å². The van der Waals surface area contributed by atoms with Crippen LogP contribution in [0.15, 0.2) is 30.3 Å². The van der Waals surface area contributed by atoms with E-state index in [2.05, 4.69) is 17.2 Å². The summed E-state index contributed by atoms with van der Waals surface area (Å²) in [5.41, 5.74) is 0.166. The molecule has 0 aliphatic heterocycles. The number of rotatable bonds is 2. The Labute approximate surface area is 119 Å². The Morgan fingerprint density at radius 3 is 2.35 bits per heavy atom. The lowest BCUT2D eigenvalue weighted by atomic mass is 10.2. The summed E-state index contributed by atoms with van der Waals surface area (Å²) >= 11 is 0. The van der Waals surface area contributed by atoms with Crippen molar-refractivity contribution in [3.63, 3.8) is 0 Å². The Kier molecular flexibility index (Phi) is 5.33. The first kappa shape index (κ1) is 15.8. The Hall–Kier alpha value is -2.28. The van der Waals surface area contributed by atoms with E-state index in [0.717, 1.165) is 5.56 Å². The van der Waals surface area contributed by atoms with Crippen LogP contribution in [-0.2, 0) is 14.3 Å². The van der Waals surface area contributed by atoms with E-state index in [0.29, 0.717) is 0 Å². The fourth-order valence-corrected chi connectivity index (χ4v) is 1.33. The molecule has 4 nitrogen and oxygen atoms in total. The van der Waals surface area contributed by atoms with Gasteiger partial charge in [-0.1, -0.05) is 24.1 Å². The summed E-state index contributed by atoms with van der Waals surface area (Å²) in [6, 6.07) is 8.42. The second-order valence-electron chi connectivity index (χ2n) is 5.34. The average Bonchev–Trinajstić information content (AvgIpc) is 2.35. The van der Waals surface area contributed by atoms with Gasteiger partial charge in [-0.3, -0.25) is 4.79 Å². The van der Waals surface area contributed by atoms with Crippen LogP contribution < -0.4 is 5.32 Å². The molecular weight excluding hydrogens is 254 g/mol. The van der Waals surface area contributed by atoms with Crippen molar-refractivity contribution in [1.29, 1.82) is 0 Å². The van der Waals surface area contributed by atoms with Crippen LogP contribution in [-0.4, -0.2) is 23.5 Å². The maximum absolute atomic E-state index is 11.7. The minimum absolute atomic E-state index is 0.479. The van der Waals surface area contributed by atoms with Gasteiger partial charge in [0.05, 0.1) is 0 Å². The van der Waals surface area contributed by atoms with Crippen LogP contribution in [0.1, 0.15) is 33.3 Å². The first-order valence-corrected chi connectivity index (χ1v) is 6.38. The normalized spacial score (nSPS) is 11.8. The fourth-order valence-electron chi connectivity index (χ4n) is 1.33. The first-order valence-electron chi connectivity index (χ1n) is 6.38. The van der Waals surface area contributed by atoms with Gasteiger partial charge in [-0.25, -0.2) is 4.79 Å². The molecule has 0 unspecified atom stereocenters. The lowest BCUT2D eigenvalue weighted by molar-refractivity contribution is -0.157. The van der Waals surface area contributed by atoms with Crippen molar-refractivity contribution in [3.05, 3.63) is 35.9 Å². The van der Waals surface area contributed by atoms with E-state index in [4.69, 9.17) is 4.74 Å². The number of carbonyl (C=O) groups is 2. The molecule has 0 aliphatic carbocycles. The highest BCUT2D eigenvalue weighted by molar-refractivity contribution is 5.96. The summed E-state index contributed by atoms with van der Waals surface area (Å²) in [6.07, 6.45) is 0. The molecule has 0 radical (unpaired) electrons. The van der Waals surface area contributed by atoms with Gasteiger partial charge in [0.15, 0.2) is 0 Å². The second-order valence-corrected chi connectivity index (χ2v) is 5.34. The zero-order chi connectivity index (χ0) is 15.2. The molecule has 0 spiro atoms. The number of esters is 1. The molecule has 20 heavy (non-hydrogen) atoms. The molecule has 1 aromatic carbocycles. The van der Waals surface area contributed by atoms with Crippen LogP contribution in [0, 0.1) is 11.8 Å². The van der Waals surface area contributed by atoms with Gasteiger partial charge in [-0.05, 0) is 39.8 Å². The molecule has 0 heterocycles. The molecule has 1 N–H and O–H groups in total. The third-order valence-corrected chi connectivity index (χ3v) is 2.20. The van der Waals surface area contributed by atoms with Gasteiger partial charge < -0.3 is 10.1 Å². The van der Waals surface area contributed by atoms with Crippen molar-refractivity contribution < 1.29 is 14.3 Å². The third-order valence-electron chi connectivity index (χ3n) is 2.20. The van der Waals surface area contributed by atoms with E-state index >= 15 is 0 Å². The van der Waals surface area contributed by atoms with Crippen LogP contribution in [0.4, 0.5) is 0 Å². The summed E-state index contributed by atoms with van der Waals surface area (Å²) < 4.78 is 5.16. The number of hydrogen-bond donors (Lipinski definition) is 1. The van der Waals surface area contributed by atoms with E-state index in [1.54, 1.807) is 39.8 Å². The van der Waals surface area contributed by atoms with E-state index < -0.39 is 23.5 Å². The lowest BCUT2D eigenvalue weighted by Gasteiger charge is -2.22. The number of nitrogens with one attached hydrogen (secondary N) is 1. The maximum Gasteiger partial charge on any atom is 0.328 e. The predicted molar refractivity (Wildman–Crippen MR) is 76.8 cm³/mol. The quantitative estimate of drug-likeness (QED) is 0.661. The van der Waals surface area contributed by atoms with Gasteiger partial charge in [-0.15, -0.1) is 0 Å². The molecule has 4 heteroatoms. The van der Waals surface area contributed by atoms with Gasteiger partial charge >= 0.3 is 5.97 Å². The average molecular weight is 273 g/mol. The monoisotopic (exact) mass is 273 g/mol. The summed E-state index contributed by atoms with van der Waals surface area (Å²) in [5.74, 6) is 4.18. The van der Waals surface area contributed by atoms with Gasteiger partial charge in [0, 0.05) is 11.5 Å². The summed E-state index contributed by atoms with van der Waals surface area (Å²) in [5, 5.41) is 2.49. The zero-order valence-corrected chi connectivity index (χ0v) is 12.2. The van der Waals surface area contributed by atoms with E-state index in [1.165, 1.54) is 0 Å². The highest BCUT2D eigenvalue weighted by Gasteiger charge is 2.22. The third kappa shape index (κ3) is 6.05. The molecule has 106 valence electrons. The van der Waals surface area contributed by atoms with Crippen LogP contribution in [0.25, 0.3) is 0 Å². The Bertz CT molecular complexity index is 532. The van der Waals surface area contributed by atoms with Crippen molar-refractivity contribution in [1.82, 2.24) is 5.32 Å². The number of amides is 1. The molecule has 1 rings (SSSR count). The molecule has 0 fully saturated rings. The molecule has 0 aliphatic rings. The van der Waals surface area contributed by atoms with Crippen molar-refractivity contribution in [3.8, 4) is 11.8 Å². The lowest BCUT2D eigenvalue weighted by Crippen LogP contribution is -2.41. The topological polar surface area (TPSA) is 55.4 Å². The Morgan fingerprint density at radius 1 is 1.20 bits per heavy atom. The van der Waals surface area contributed by atoms with Crippen LogP contribution in [0.2, 0.25) is 0 Å². The Balaban J connectivity index is 2.55. The summed E-state index contributed by atoms with van der Waals surface area (Å²) in [7, 11) is 0. The second kappa shape index (κ2) is 6.76. The molecule has 0 saturated heterocycles. The molecule has 0 saturated carbocycles. The SMILES string of the molecule is C[C@@H](NC(=O)C#Cc1ccccc1)C(=O)OC(C)(C)C. The minimum atomic E-state index is -0.730. The van der Waals surface area contributed by atoms with E-state index in [-0.39, 0.29) is 0 Å². The van der Waals surface area contributed by atoms with Gasteiger partial charge in [0.2, 0.25) is 0 Å². The van der Waals surface area contributed by atoms with Crippen LogP contribution in [0.3, 0.4) is 0 Å². The molecule has 1 atom stereocenters. The predicted octanol–water partition coefficient (Wildman–Crippen LogP) is 1.88. The summed E-state index contributed by atoms with van der Waals surface area (Å²) in [4.78, 5) is 23.3. The molecule has 0 bridgehead atoms. The molecule has 0 aromatic heterocycles. The van der Waals surface area contributed by atoms with E-state index in [1.807, 2.05) is 18.2 Å². The van der Waals surface area contributed by atoms with Crippen molar-refractivity contribution in [2.75, 3.05) is 0 Å². The molecule has 1 aromatic rings. The van der Waals surface area contributed by atoms with Gasteiger partial charge in [0.25, 0.3) is 5.91 Å². The standard InChI is InChI=1S/C16H19NO3/c1-12(15(19)20-16(2,3)4)17-14(18)11-10-13-8-6-5-7-9-13/h5-9,12H,1-4H3,(H,17,18)/t12-/m1/s1. The molecular formula is C16H19NO3. The molecule has 1 amide bonds. The van der Waals surface area contributed by atoms with E-state index in [9.17, 15) is 9.59 Å². The van der Waals surface area contributed by atoms with Crippen molar-refractivity contribution >= 4 is 11.9 Å². The smallest absolute Gasteiger partial charge is 0.328 e. The highest BCUT2D eigenvalue weighted by atomic mass is 16.6. The largest absolute Gasteiger partial charge is 0.458 e. The first-order chi connectivity index (χ1) is 9.28. The minimum Gasteiger partial charge on any atom is -0.458 e.